The van der Waals surface area contributed by atoms with Gasteiger partial charge in [-0.05, 0) is 58.1 Å². The van der Waals surface area contributed by atoms with Gasteiger partial charge in [-0.3, -0.25) is 19.2 Å². The molecule has 0 spiro atoms. The van der Waals surface area contributed by atoms with Crippen LogP contribution < -0.4 is 16.0 Å². The Morgan fingerprint density at radius 1 is 0.705 bits per heavy atom. The Labute approximate surface area is 265 Å². The molecular weight excluding hydrogens is 552 g/mol. The maximum atomic E-state index is 12.9. The van der Waals surface area contributed by atoms with Crippen molar-refractivity contribution in [1.82, 2.24) is 20.9 Å². The predicted octanol–water partition coefficient (Wildman–Crippen LogP) is 5.56. The number of hydrogen-bond donors (Lipinski definition) is 3. The Hall–Kier alpha value is -3.94. The number of aryl methyl sites for hydroxylation is 1. The Morgan fingerprint density at radius 2 is 1.18 bits per heavy atom. The van der Waals surface area contributed by atoms with Gasteiger partial charge in [0.05, 0.1) is 0 Å². The van der Waals surface area contributed by atoms with Gasteiger partial charge in [-0.25, -0.2) is 0 Å². The molecule has 4 amide bonds. The fourth-order valence-electron chi connectivity index (χ4n) is 4.65. The first kappa shape index (κ1) is 38.1. The highest BCUT2D eigenvalue weighted by atomic mass is 16.2. The second kappa shape index (κ2) is 19.4. The summed E-state index contributed by atoms with van der Waals surface area (Å²) < 4.78 is 0. The highest BCUT2D eigenvalue weighted by Gasteiger charge is 2.32. The quantitative estimate of drug-likeness (QED) is 0.126. The summed E-state index contributed by atoms with van der Waals surface area (Å²) in [5.41, 5.74) is 2.94. The molecule has 0 saturated heterocycles. The van der Waals surface area contributed by atoms with Gasteiger partial charge in [-0.2, -0.15) is 0 Å². The van der Waals surface area contributed by atoms with Crippen molar-refractivity contribution in [2.45, 2.75) is 86.1 Å². The molecule has 8 nitrogen and oxygen atoms in total. The summed E-state index contributed by atoms with van der Waals surface area (Å²) in [5.74, 6) is -0.943. The number of benzene rings is 1. The SMILES string of the molecule is C=C(C)C(=O)NCC(CCc1cccc(CN(CCCCCCC)C(=O)C(=C)C)c1)(CNC(=O)C(=C)C)CNC(=O)C(=C)C. The molecule has 3 N–H and O–H groups in total. The number of nitrogens with zero attached hydrogens (tertiary/aromatic N) is 1. The molecule has 0 radical (unpaired) electrons. The highest BCUT2D eigenvalue weighted by Crippen LogP contribution is 2.24. The van der Waals surface area contributed by atoms with Crippen molar-refractivity contribution in [1.29, 1.82) is 0 Å². The summed E-state index contributed by atoms with van der Waals surface area (Å²) in [5, 5.41) is 8.76. The summed E-state index contributed by atoms with van der Waals surface area (Å²) in [6.45, 7) is 25.6. The summed E-state index contributed by atoms with van der Waals surface area (Å²) in [4.78, 5) is 52.2. The number of carbonyl (C=O) groups is 4. The molecule has 0 aliphatic rings. The van der Waals surface area contributed by atoms with Gasteiger partial charge < -0.3 is 20.9 Å². The first-order valence-electron chi connectivity index (χ1n) is 15.5. The molecule has 0 aromatic heterocycles. The minimum absolute atomic E-state index is 0.0420. The average molecular weight is 607 g/mol. The van der Waals surface area contributed by atoms with Crippen molar-refractivity contribution in [3.63, 3.8) is 0 Å². The van der Waals surface area contributed by atoms with E-state index in [1.165, 1.54) is 12.8 Å². The van der Waals surface area contributed by atoms with Crippen LogP contribution in [-0.4, -0.2) is 54.7 Å². The van der Waals surface area contributed by atoms with Gasteiger partial charge in [0.1, 0.15) is 0 Å². The van der Waals surface area contributed by atoms with Crippen molar-refractivity contribution < 1.29 is 19.2 Å². The first-order chi connectivity index (χ1) is 20.7. The highest BCUT2D eigenvalue weighted by molar-refractivity contribution is 5.93. The van der Waals surface area contributed by atoms with Crippen molar-refractivity contribution in [3.05, 3.63) is 84.0 Å². The molecule has 1 aromatic carbocycles. The largest absolute Gasteiger partial charge is 0.352 e. The van der Waals surface area contributed by atoms with Gasteiger partial charge in [0.15, 0.2) is 0 Å². The number of hydrogen-bond acceptors (Lipinski definition) is 4. The number of carbonyl (C=O) groups excluding carboxylic acids is 4. The average Bonchev–Trinajstić information content (AvgIpc) is 2.98. The molecule has 0 heterocycles. The van der Waals surface area contributed by atoms with E-state index in [0.717, 1.165) is 30.4 Å². The second-order valence-corrected chi connectivity index (χ2v) is 12.1. The van der Waals surface area contributed by atoms with Crippen LogP contribution in [0.4, 0.5) is 0 Å². The lowest BCUT2D eigenvalue weighted by molar-refractivity contribution is -0.127. The Kier molecular flexibility index (Phi) is 16.8. The molecular formula is C36H54N4O4. The van der Waals surface area contributed by atoms with Crippen molar-refractivity contribution >= 4 is 23.6 Å². The standard InChI is InChI=1S/C36H54N4O4/c1-10-11-12-13-14-20-40(35(44)29(8)9)22-31-17-15-16-30(21-31)18-19-36(23-37-32(41)26(2)3,24-38-33(42)27(4)5)25-39-34(43)28(6)7/h15-17,21H,2,4,6,8,10-14,18-20,22-25H2,1,3,5,7,9H3,(H,37,41)(H,38,42)(H,39,43). The summed E-state index contributed by atoms with van der Waals surface area (Å²) in [6, 6.07) is 8.10. The minimum Gasteiger partial charge on any atom is -0.352 e. The smallest absolute Gasteiger partial charge is 0.249 e. The molecule has 0 saturated carbocycles. The van der Waals surface area contributed by atoms with Crippen LogP contribution in [0.25, 0.3) is 0 Å². The molecule has 1 rings (SSSR count). The van der Waals surface area contributed by atoms with E-state index in [1.54, 1.807) is 27.7 Å². The van der Waals surface area contributed by atoms with Gasteiger partial charge in [0, 0.05) is 60.4 Å². The van der Waals surface area contributed by atoms with Gasteiger partial charge in [-0.15, -0.1) is 0 Å². The van der Waals surface area contributed by atoms with Gasteiger partial charge in [0.2, 0.25) is 23.6 Å². The number of amides is 4. The number of unbranched alkanes of at least 4 members (excludes halogenated alkanes) is 4. The van der Waals surface area contributed by atoms with Crippen LogP contribution in [0.1, 0.15) is 84.3 Å². The third kappa shape index (κ3) is 14.0. The summed E-state index contributed by atoms with van der Waals surface area (Å²) in [7, 11) is 0. The summed E-state index contributed by atoms with van der Waals surface area (Å²) in [6.07, 6.45) is 6.70. The van der Waals surface area contributed by atoms with E-state index >= 15 is 0 Å². The maximum Gasteiger partial charge on any atom is 0.249 e. The topological polar surface area (TPSA) is 108 Å². The van der Waals surface area contributed by atoms with E-state index in [4.69, 9.17) is 0 Å². The lowest BCUT2D eigenvalue weighted by Crippen LogP contribution is -2.52. The van der Waals surface area contributed by atoms with Crippen LogP contribution in [0.2, 0.25) is 0 Å². The van der Waals surface area contributed by atoms with Gasteiger partial charge >= 0.3 is 0 Å². The van der Waals surface area contributed by atoms with Crippen LogP contribution >= 0.6 is 0 Å². The lowest BCUT2D eigenvalue weighted by atomic mass is 9.80. The van der Waals surface area contributed by atoms with E-state index in [9.17, 15) is 19.2 Å². The molecule has 0 unspecified atom stereocenters. The van der Waals surface area contributed by atoms with E-state index in [-0.39, 0.29) is 43.3 Å². The fraction of sp³-hybridized carbons (Fsp3) is 0.500. The molecule has 0 fully saturated rings. The molecule has 0 bridgehead atoms. The van der Waals surface area contributed by atoms with E-state index in [2.05, 4.69) is 55.3 Å². The van der Waals surface area contributed by atoms with Crippen LogP contribution in [-0.2, 0) is 32.1 Å². The Morgan fingerprint density at radius 3 is 1.64 bits per heavy atom. The minimum atomic E-state index is -0.724. The maximum absolute atomic E-state index is 12.9. The van der Waals surface area contributed by atoms with Gasteiger partial charge in [-0.1, -0.05) is 83.2 Å². The van der Waals surface area contributed by atoms with E-state index < -0.39 is 5.41 Å². The molecule has 0 aliphatic carbocycles. The molecule has 0 aliphatic heterocycles. The van der Waals surface area contributed by atoms with E-state index in [1.807, 2.05) is 23.1 Å². The molecule has 1 aromatic rings. The zero-order valence-corrected chi connectivity index (χ0v) is 27.7. The second-order valence-electron chi connectivity index (χ2n) is 12.1. The lowest BCUT2D eigenvalue weighted by Gasteiger charge is -2.35. The molecule has 44 heavy (non-hydrogen) atoms. The third-order valence-corrected chi connectivity index (χ3v) is 7.53. The van der Waals surface area contributed by atoms with Gasteiger partial charge in [0.25, 0.3) is 0 Å². The van der Waals surface area contributed by atoms with E-state index in [0.29, 0.717) is 48.2 Å². The number of rotatable bonds is 21. The zero-order valence-electron chi connectivity index (χ0n) is 27.7. The van der Waals surface area contributed by atoms with Crippen molar-refractivity contribution in [3.8, 4) is 0 Å². The van der Waals surface area contributed by atoms with Crippen LogP contribution in [0, 0.1) is 5.41 Å². The number of nitrogens with one attached hydrogen (secondary N) is 3. The van der Waals surface area contributed by atoms with Crippen molar-refractivity contribution in [2.75, 3.05) is 26.2 Å². The zero-order chi connectivity index (χ0) is 33.3. The van der Waals surface area contributed by atoms with Crippen LogP contribution in [0.3, 0.4) is 0 Å². The molecule has 0 atom stereocenters. The Balaban J connectivity index is 3.24. The summed E-state index contributed by atoms with van der Waals surface area (Å²) >= 11 is 0. The fourth-order valence-corrected chi connectivity index (χ4v) is 4.65. The van der Waals surface area contributed by atoms with Crippen LogP contribution in [0.15, 0.2) is 72.9 Å². The predicted molar refractivity (Wildman–Crippen MR) is 180 cm³/mol. The normalized spacial score (nSPS) is 10.8. The molecule has 242 valence electrons. The molecule has 8 heteroatoms. The van der Waals surface area contributed by atoms with Crippen LogP contribution in [0.5, 0.6) is 0 Å². The Bertz CT molecular complexity index is 1140. The monoisotopic (exact) mass is 606 g/mol. The third-order valence-electron chi connectivity index (χ3n) is 7.53. The van der Waals surface area contributed by atoms with Crippen molar-refractivity contribution in [2.24, 2.45) is 5.41 Å². The first-order valence-corrected chi connectivity index (χ1v) is 15.5.